The first kappa shape index (κ1) is 12.3. The lowest BCUT2D eigenvalue weighted by atomic mass is 10.1. The molecule has 0 spiro atoms. The normalized spacial score (nSPS) is 10.7. The lowest BCUT2D eigenvalue weighted by Crippen LogP contribution is -1.95. The maximum atomic E-state index is 9.45. The molecule has 3 aromatic rings. The topological polar surface area (TPSA) is 71.2 Å². The van der Waals surface area contributed by atoms with Crippen LogP contribution in [0.1, 0.15) is 5.69 Å². The molecule has 20 heavy (non-hydrogen) atoms. The fourth-order valence-corrected chi connectivity index (χ4v) is 2.13. The second kappa shape index (κ2) is 4.74. The Labute approximate surface area is 116 Å². The smallest absolute Gasteiger partial charge is 0.138 e. The number of phenols is 1. The van der Waals surface area contributed by atoms with E-state index in [1.807, 2.05) is 37.3 Å². The summed E-state index contributed by atoms with van der Waals surface area (Å²) in [5, 5.41) is 13.8. The number of para-hydroxylation sites is 1. The van der Waals surface area contributed by atoms with Crippen molar-refractivity contribution in [1.29, 1.82) is 0 Å². The summed E-state index contributed by atoms with van der Waals surface area (Å²) in [5.41, 5.74) is 9.67. The molecule has 0 bridgehead atoms. The van der Waals surface area contributed by atoms with Crippen LogP contribution < -0.4 is 11.1 Å². The molecule has 1 aromatic heterocycles. The number of fused-ring (bicyclic) bond motifs is 1. The molecule has 2 aromatic carbocycles. The van der Waals surface area contributed by atoms with Crippen molar-refractivity contribution in [2.24, 2.45) is 0 Å². The van der Waals surface area contributed by atoms with E-state index < -0.39 is 0 Å². The highest BCUT2D eigenvalue weighted by Crippen LogP contribution is 2.28. The molecular formula is C16H15N3O. The van der Waals surface area contributed by atoms with Crippen LogP contribution >= 0.6 is 0 Å². The van der Waals surface area contributed by atoms with Crippen molar-refractivity contribution in [1.82, 2.24) is 4.98 Å². The zero-order valence-corrected chi connectivity index (χ0v) is 11.1. The third kappa shape index (κ3) is 2.23. The molecule has 3 rings (SSSR count). The van der Waals surface area contributed by atoms with Gasteiger partial charge >= 0.3 is 0 Å². The molecule has 0 aliphatic heterocycles. The van der Waals surface area contributed by atoms with E-state index in [-0.39, 0.29) is 5.75 Å². The molecule has 4 nitrogen and oxygen atoms in total. The number of nitrogens with one attached hydrogen (secondary N) is 1. The third-order valence-electron chi connectivity index (χ3n) is 3.17. The monoisotopic (exact) mass is 265 g/mol. The molecule has 0 saturated heterocycles. The van der Waals surface area contributed by atoms with Crippen molar-refractivity contribution in [2.45, 2.75) is 6.92 Å². The Balaban J connectivity index is 2.05. The zero-order chi connectivity index (χ0) is 14.1. The number of nitrogen functional groups attached to an aromatic ring is 1. The number of hydrogen-bond acceptors (Lipinski definition) is 4. The largest absolute Gasteiger partial charge is 0.506 e. The zero-order valence-electron chi connectivity index (χ0n) is 11.1. The maximum absolute atomic E-state index is 9.45. The first-order chi connectivity index (χ1) is 9.63. The molecule has 0 radical (unpaired) electrons. The van der Waals surface area contributed by atoms with Crippen LogP contribution in [0, 0.1) is 6.92 Å². The summed E-state index contributed by atoms with van der Waals surface area (Å²) in [4.78, 5) is 4.57. The number of rotatable bonds is 2. The SMILES string of the molecule is Cc1ccc2cccc(Nc3ccc(O)c(N)c3)c2n1. The number of anilines is 3. The Kier molecular flexibility index (Phi) is 2.91. The average Bonchev–Trinajstić information content (AvgIpc) is 2.44. The number of aromatic nitrogens is 1. The minimum absolute atomic E-state index is 0.0856. The van der Waals surface area contributed by atoms with E-state index in [0.29, 0.717) is 5.69 Å². The summed E-state index contributed by atoms with van der Waals surface area (Å²) in [5.74, 6) is 0.0856. The van der Waals surface area contributed by atoms with Gasteiger partial charge in [0.05, 0.1) is 16.9 Å². The second-order valence-corrected chi connectivity index (χ2v) is 4.73. The molecule has 0 fully saturated rings. The van der Waals surface area contributed by atoms with Crippen LogP contribution in [-0.4, -0.2) is 10.1 Å². The van der Waals surface area contributed by atoms with Gasteiger partial charge in [-0.15, -0.1) is 0 Å². The van der Waals surface area contributed by atoms with Gasteiger partial charge in [-0.1, -0.05) is 18.2 Å². The lowest BCUT2D eigenvalue weighted by Gasteiger charge is -2.10. The van der Waals surface area contributed by atoms with Crippen molar-refractivity contribution in [2.75, 3.05) is 11.1 Å². The van der Waals surface area contributed by atoms with Crippen LogP contribution in [0.5, 0.6) is 5.75 Å². The van der Waals surface area contributed by atoms with E-state index in [4.69, 9.17) is 5.73 Å². The van der Waals surface area contributed by atoms with Crippen LogP contribution in [0.2, 0.25) is 0 Å². The van der Waals surface area contributed by atoms with Crippen molar-refractivity contribution in [3.8, 4) is 5.75 Å². The van der Waals surface area contributed by atoms with Crippen LogP contribution in [0.15, 0.2) is 48.5 Å². The summed E-state index contributed by atoms with van der Waals surface area (Å²) < 4.78 is 0. The van der Waals surface area contributed by atoms with Gasteiger partial charge in [-0.2, -0.15) is 0 Å². The number of nitrogens with zero attached hydrogens (tertiary/aromatic N) is 1. The van der Waals surface area contributed by atoms with Gasteiger partial charge in [0.2, 0.25) is 0 Å². The average molecular weight is 265 g/mol. The Bertz CT molecular complexity index is 784. The van der Waals surface area contributed by atoms with Gasteiger partial charge in [-0.25, -0.2) is 0 Å². The number of phenolic OH excluding ortho intramolecular Hbond substituents is 1. The molecule has 100 valence electrons. The predicted octanol–water partition coefficient (Wildman–Crippen LogP) is 3.57. The number of pyridine rings is 1. The maximum Gasteiger partial charge on any atom is 0.138 e. The molecule has 1 heterocycles. The Hall–Kier alpha value is -2.75. The van der Waals surface area contributed by atoms with E-state index in [9.17, 15) is 5.11 Å². The quantitative estimate of drug-likeness (QED) is 0.376. The first-order valence-corrected chi connectivity index (χ1v) is 6.35. The molecule has 0 aliphatic carbocycles. The number of aromatic hydroxyl groups is 1. The van der Waals surface area contributed by atoms with Crippen molar-refractivity contribution in [3.63, 3.8) is 0 Å². The third-order valence-corrected chi connectivity index (χ3v) is 3.17. The van der Waals surface area contributed by atoms with Crippen molar-refractivity contribution in [3.05, 3.63) is 54.2 Å². The molecular weight excluding hydrogens is 250 g/mol. The summed E-state index contributed by atoms with van der Waals surface area (Å²) in [6, 6.07) is 15.1. The molecule has 0 amide bonds. The summed E-state index contributed by atoms with van der Waals surface area (Å²) in [6.07, 6.45) is 0. The van der Waals surface area contributed by atoms with Crippen LogP contribution in [0.3, 0.4) is 0 Å². The highest BCUT2D eigenvalue weighted by atomic mass is 16.3. The van der Waals surface area contributed by atoms with E-state index in [0.717, 1.165) is 28.0 Å². The van der Waals surface area contributed by atoms with Gasteiger partial charge in [-0.05, 0) is 37.3 Å². The summed E-state index contributed by atoms with van der Waals surface area (Å²) in [7, 11) is 0. The molecule has 4 heteroatoms. The van der Waals surface area contributed by atoms with Crippen LogP contribution in [-0.2, 0) is 0 Å². The van der Waals surface area contributed by atoms with Crippen LogP contribution in [0.25, 0.3) is 10.9 Å². The van der Waals surface area contributed by atoms with E-state index >= 15 is 0 Å². The van der Waals surface area contributed by atoms with Gasteiger partial charge in [0.1, 0.15) is 5.75 Å². The lowest BCUT2D eigenvalue weighted by molar-refractivity contribution is 0.478. The second-order valence-electron chi connectivity index (χ2n) is 4.73. The Morgan fingerprint density at radius 3 is 2.75 bits per heavy atom. The Morgan fingerprint density at radius 1 is 1.10 bits per heavy atom. The van der Waals surface area contributed by atoms with Crippen LogP contribution in [0.4, 0.5) is 17.1 Å². The van der Waals surface area contributed by atoms with E-state index in [1.165, 1.54) is 0 Å². The molecule has 4 N–H and O–H groups in total. The fraction of sp³-hybridized carbons (Fsp3) is 0.0625. The highest BCUT2D eigenvalue weighted by molar-refractivity contribution is 5.92. The standard InChI is InChI=1S/C16H15N3O/c1-10-5-6-11-3-2-4-14(16(11)18-10)19-12-7-8-15(20)13(17)9-12/h2-9,19-20H,17H2,1H3. The minimum Gasteiger partial charge on any atom is -0.506 e. The summed E-state index contributed by atoms with van der Waals surface area (Å²) >= 11 is 0. The molecule has 0 aliphatic rings. The van der Waals surface area contributed by atoms with Gasteiger partial charge in [0, 0.05) is 16.8 Å². The van der Waals surface area contributed by atoms with Gasteiger partial charge < -0.3 is 16.2 Å². The Morgan fingerprint density at radius 2 is 1.95 bits per heavy atom. The highest BCUT2D eigenvalue weighted by Gasteiger charge is 2.04. The van der Waals surface area contributed by atoms with E-state index in [1.54, 1.807) is 18.2 Å². The molecule has 0 unspecified atom stereocenters. The van der Waals surface area contributed by atoms with Crippen molar-refractivity contribution < 1.29 is 5.11 Å². The van der Waals surface area contributed by atoms with Gasteiger partial charge in [-0.3, -0.25) is 4.98 Å². The van der Waals surface area contributed by atoms with Crippen molar-refractivity contribution >= 4 is 28.0 Å². The van der Waals surface area contributed by atoms with Gasteiger partial charge in [0.15, 0.2) is 0 Å². The number of nitrogens with two attached hydrogens (primary N) is 1. The first-order valence-electron chi connectivity index (χ1n) is 6.35. The van der Waals surface area contributed by atoms with E-state index in [2.05, 4.69) is 10.3 Å². The number of hydrogen-bond donors (Lipinski definition) is 3. The molecule has 0 saturated carbocycles. The number of aryl methyl sites for hydroxylation is 1. The molecule has 0 atom stereocenters. The number of benzene rings is 2. The van der Waals surface area contributed by atoms with Gasteiger partial charge in [0.25, 0.3) is 0 Å². The minimum atomic E-state index is 0.0856. The predicted molar refractivity (Wildman–Crippen MR) is 82.3 cm³/mol. The summed E-state index contributed by atoms with van der Waals surface area (Å²) in [6.45, 7) is 1.97. The fourth-order valence-electron chi connectivity index (χ4n) is 2.13.